The molecule has 4 rings (SSSR count). The molecule has 0 amide bonds. The molecule has 0 aliphatic heterocycles. The van der Waals surface area contributed by atoms with Crippen LogP contribution in [-0.4, -0.2) is 21.6 Å². The summed E-state index contributed by atoms with van der Waals surface area (Å²) in [6.45, 7) is 0.634. The molecule has 0 atom stereocenters. The first-order valence-electron chi connectivity index (χ1n) is 7.02. The fourth-order valence-electron chi connectivity index (χ4n) is 2.38. The maximum absolute atomic E-state index is 13.5. The summed E-state index contributed by atoms with van der Waals surface area (Å²) in [5, 5.41) is 0. The van der Waals surface area contributed by atoms with Crippen LogP contribution in [0.3, 0.4) is 0 Å². The van der Waals surface area contributed by atoms with E-state index < -0.39 is 0 Å². The second-order valence-electron chi connectivity index (χ2n) is 5.36. The number of hydrogen-bond acceptors (Lipinski definition) is 3. The molecule has 0 unspecified atom stereocenters. The third kappa shape index (κ3) is 2.35. The van der Waals surface area contributed by atoms with Crippen molar-refractivity contribution in [3.05, 3.63) is 42.6 Å². The Balaban J connectivity index is 1.80. The summed E-state index contributed by atoms with van der Waals surface area (Å²) in [4.78, 5) is 11.7. The van der Waals surface area contributed by atoms with Crippen molar-refractivity contribution in [2.24, 2.45) is 5.92 Å². The van der Waals surface area contributed by atoms with Crippen LogP contribution < -0.4 is 4.74 Å². The molecule has 2 aromatic heterocycles. The predicted octanol–water partition coefficient (Wildman–Crippen LogP) is 3.55. The van der Waals surface area contributed by atoms with E-state index in [1.165, 1.54) is 31.3 Å². The minimum atomic E-state index is -0.304. The zero-order valence-electron chi connectivity index (χ0n) is 11.3. The first kappa shape index (κ1) is 12.3. The van der Waals surface area contributed by atoms with E-state index in [-0.39, 0.29) is 5.82 Å². The van der Waals surface area contributed by atoms with E-state index in [0.717, 1.165) is 22.3 Å². The molecule has 0 saturated heterocycles. The van der Waals surface area contributed by atoms with Gasteiger partial charge in [-0.15, -0.1) is 0 Å². The number of aromatic nitrogens is 3. The Bertz CT molecular complexity index is 795. The highest BCUT2D eigenvalue weighted by atomic mass is 19.1. The number of fused-ring (bicyclic) bond motifs is 1. The Kier molecular flexibility index (Phi) is 2.84. The van der Waals surface area contributed by atoms with Crippen LogP contribution in [0.25, 0.3) is 22.3 Å². The molecule has 1 aliphatic carbocycles. The molecule has 2 heterocycles. The van der Waals surface area contributed by atoms with Crippen molar-refractivity contribution >= 4 is 11.0 Å². The Hall–Kier alpha value is -2.43. The summed E-state index contributed by atoms with van der Waals surface area (Å²) in [5.41, 5.74) is 3.18. The van der Waals surface area contributed by atoms with Crippen LogP contribution in [0.4, 0.5) is 4.39 Å². The number of nitrogens with zero attached hydrogens (tertiary/aromatic N) is 2. The van der Waals surface area contributed by atoms with Crippen molar-refractivity contribution in [3.63, 3.8) is 0 Å². The van der Waals surface area contributed by atoms with Gasteiger partial charge in [0.05, 0.1) is 17.6 Å². The van der Waals surface area contributed by atoms with Gasteiger partial charge in [0.2, 0.25) is 0 Å². The minimum Gasteiger partial charge on any atom is -0.492 e. The fraction of sp³-hybridized carbons (Fsp3) is 0.250. The third-order valence-corrected chi connectivity index (χ3v) is 3.72. The number of aromatic amines is 1. The average Bonchev–Trinajstić information content (AvgIpc) is 3.20. The lowest BCUT2D eigenvalue weighted by Crippen LogP contribution is -2.01. The third-order valence-electron chi connectivity index (χ3n) is 3.72. The number of H-pyrrole nitrogens is 1. The van der Waals surface area contributed by atoms with Gasteiger partial charge in [-0.3, -0.25) is 0 Å². The van der Waals surface area contributed by atoms with Gasteiger partial charge >= 0.3 is 0 Å². The molecule has 3 aromatic rings. The molecule has 0 bridgehead atoms. The summed E-state index contributed by atoms with van der Waals surface area (Å²) < 4.78 is 19.3. The molecule has 1 aliphatic rings. The molecule has 21 heavy (non-hydrogen) atoms. The van der Waals surface area contributed by atoms with Gasteiger partial charge in [0.15, 0.2) is 0 Å². The van der Waals surface area contributed by atoms with Crippen LogP contribution in [-0.2, 0) is 0 Å². The lowest BCUT2D eigenvalue weighted by molar-refractivity contribution is 0.299. The van der Waals surface area contributed by atoms with Crippen LogP contribution in [0.5, 0.6) is 5.75 Å². The lowest BCUT2D eigenvalue weighted by Gasteiger charge is -2.11. The van der Waals surface area contributed by atoms with E-state index in [2.05, 4.69) is 15.0 Å². The molecule has 0 radical (unpaired) electrons. The highest BCUT2D eigenvalue weighted by Crippen LogP contribution is 2.35. The lowest BCUT2D eigenvalue weighted by atomic mass is 10.1. The first-order valence-corrected chi connectivity index (χ1v) is 7.02. The second kappa shape index (κ2) is 4.84. The van der Waals surface area contributed by atoms with E-state index in [1.807, 2.05) is 12.3 Å². The van der Waals surface area contributed by atoms with E-state index in [0.29, 0.717) is 18.3 Å². The molecule has 0 spiro atoms. The number of benzene rings is 1. The largest absolute Gasteiger partial charge is 0.492 e. The molecule has 1 N–H and O–H groups in total. The highest BCUT2D eigenvalue weighted by molar-refractivity contribution is 5.90. The number of rotatable bonds is 4. The van der Waals surface area contributed by atoms with Gasteiger partial charge in [-0.1, -0.05) is 0 Å². The van der Waals surface area contributed by atoms with E-state index in [1.54, 1.807) is 6.07 Å². The van der Waals surface area contributed by atoms with Crippen molar-refractivity contribution in [3.8, 4) is 17.0 Å². The number of ether oxygens (including phenoxy) is 1. The molecule has 4 nitrogen and oxygen atoms in total. The van der Waals surface area contributed by atoms with Gasteiger partial charge in [0.1, 0.15) is 23.6 Å². The van der Waals surface area contributed by atoms with Crippen molar-refractivity contribution < 1.29 is 9.13 Å². The molecule has 1 fully saturated rings. The Morgan fingerprint density at radius 1 is 1.24 bits per heavy atom. The molecule has 106 valence electrons. The van der Waals surface area contributed by atoms with Gasteiger partial charge in [-0.05, 0) is 37.0 Å². The Morgan fingerprint density at radius 2 is 2.14 bits per heavy atom. The van der Waals surface area contributed by atoms with E-state index in [4.69, 9.17) is 4.74 Å². The maximum atomic E-state index is 13.5. The molecule has 5 heteroatoms. The topological polar surface area (TPSA) is 50.8 Å². The van der Waals surface area contributed by atoms with Crippen LogP contribution in [0, 0.1) is 11.7 Å². The molecule has 1 aromatic carbocycles. The Morgan fingerprint density at radius 3 is 3.00 bits per heavy atom. The zero-order valence-corrected chi connectivity index (χ0v) is 11.3. The van der Waals surface area contributed by atoms with Crippen molar-refractivity contribution in [1.29, 1.82) is 0 Å². The average molecular weight is 283 g/mol. The van der Waals surface area contributed by atoms with Crippen molar-refractivity contribution in [2.45, 2.75) is 12.8 Å². The first-order chi connectivity index (χ1) is 10.3. The van der Waals surface area contributed by atoms with Gasteiger partial charge in [-0.2, -0.15) is 0 Å². The summed E-state index contributed by atoms with van der Waals surface area (Å²) >= 11 is 0. The predicted molar refractivity (Wildman–Crippen MR) is 77.5 cm³/mol. The normalized spacial score (nSPS) is 14.5. The van der Waals surface area contributed by atoms with Gasteiger partial charge in [0.25, 0.3) is 0 Å². The summed E-state index contributed by atoms with van der Waals surface area (Å²) in [7, 11) is 0. The van der Waals surface area contributed by atoms with Gasteiger partial charge in [-0.25, -0.2) is 14.4 Å². The zero-order chi connectivity index (χ0) is 14.2. The quantitative estimate of drug-likeness (QED) is 0.796. The maximum Gasteiger partial charge on any atom is 0.131 e. The standard InChI is InChI=1S/C16H14FN3O/c17-11-3-4-12(14(7-11)21-8-10-1-2-10)15-16-13(5-6-18-16)19-9-20-15/h3-7,9-10,18H,1-2,8H2. The number of hydrogen-bond donors (Lipinski definition) is 1. The van der Waals surface area contributed by atoms with Crippen molar-refractivity contribution in [1.82, 2.24) is 15.0 Å². The van der Waals surface area contributed by atoms with E-state index >= 15 is 0 Å². The number of halogens is 1. The fourth-order valence-corrected chi connectivity index (χ4v) is 2.38. The summed E-state index contributed by atoms with van der Waals surface area (Å²) in [6, 6.07) is 6.44. The Labute approximate surface area is 121 Å². The highest BCUT2D eigenvalue weighted by Gasteiger charge is 2.23. The minimum absolute atomic E-state index is 0.304. The van der Waals surface area contributed by atoms with Gasteiger partial charge < -0.3 is 9.72 Å². The number of nitrogens with one attached hydrogen (secondary N) is 1. The monoisotopic (exact) mass is 283 g/mol. The summed E-state index contributed by atoms with van der Waals surface area (Å²) in [6.07, 6.45) is 5.72. The van der Waals surface area contributed by atoms with Crippen LogP contribution in [0.1, 0.15) is 12.8 Å². The molecular formula is C16H14FN3O. The smallest absolute Gasteiger partial charge is 0.131 e. The van der Waals surface area contributed by atoms with Crippen LogP contribution in [0.2, 0.25) is 0 Å². The second-order valence-corrected chi connectivity index (χ2v) is 5.36. The molecular weight excluding hydrogens is 269 g/mol. The SMILES string of the molecule is Fc1ccc(-c2ncnc3cc[nH]c23)c(OCC2CC2)c1. The molecule has 1 saturated carbocycles. The van der Waals surface area contributed by atoms with Crippen LogP contribution in [0.15, 0.2) is 36.8 Å². The van der Waals surface area contributed by atoms with Crippen molar-refractivity contribution in [2.75, 3.05) is 6.61 Å². The summed E-state index contributed by atoms with van der Waals surface area (Å²) in [5.74, 6) is 0.842. The van der Waals surface area contributed by atoms with Gasteiger partial charge in [0, 0.05) is 17.8 Å². The van der Waals surface area contributed by atoms with E-state index in [9.17, 15) is 4.39 Å². The van der Waals surface area contributed by atoms with Crippen LogP contribution >= 0.6 is 0 Å².